The lowest BCUT2D eigenvalue weighted by Crippen LogP contribution is -2.73. The number of hydrogen-bond acceptors (Lipinski definition) is 4. The van der Waals surface area contributed by atoms with Gasteiger partial charge in [0.25, 0.3) is 0 Å². The number of hydrogen-bond donors (Lipinski definition) is 1. The highest BCUT2D eigenvalue weighted by atomic mass is 16.2. The van der Waals surface area contributed by atoms with E-state index in [1.807, 2.05) is 37.1 Å². The van der Waals surface area contributed by atoms with Crippen molar-refractivity contribution < 1.29 is 9.59 Å². The van der Waals surface area contributed by atoms with E-state index in [0.29, 0.717) is 13.1 Å². The maximum absolute atomic E-state index is 12.7. The summed E-state index contributed by atoms with van der Waals surface area (Å²) in [4.78, 5) is 28.5. The van der Waals surface area contributed by atoms with E-state index >= 15 is 0 Å². The van der Waals surface area contributed by atoms with Crippen LogP contribution in [0, 0.1) is 0 Å². The lowest BCUT2D eigenvalue weighted by atomic mass is 10.0. The van der Waals surface area contributed by atoms with E-state index in [0.717, 1.165) is 10.9 Å². The first kappa shape index (κ1) is 16.1. The summed E-state index contributed by atoms with van der Waals surface area (Å²) in [5, 5.41) is 4.13. The standard InChI is InChI=1S/C19H22N4O2/c1-13-19-20-21(2)11-17(24)23(19)12-18(25)22(13)10-15-8-5-7-14-6-3-4-9-16(14)15/h3-9,13,19-20H,10-12H2,1-2H3. The van der Waals surface area contributed by atoms with Gasteiger partial charge in [0.05, 0.1) is 12.6 Å². The van der Waals surface area contributed by atoms with E-state index < -0.39 is 0 Å². The van der Waals surface area contributed by atoms with Crippen LogP contribution in [0.25, 0.3) is 10.8 Å². The molecule has 2 aliphatic rings. The van der Waals surface area contributed by atoms with E-state index in [4.69, 9.17) is 0 Å². The number of piperazine rings is 1. The summed E-state index contributed by atoms with van der Waals surface area (Å²) in [6, 6.07) is 14.3. The number of nitrogens with one attached hydrogen (secondary N) is 1. The molecule has 1 N–H and O–H groups in total. The van der Waals surface area contributed by atoms with Crippen LogP contribution < -0.4 is 5.43 Å². The van der Waals surface area contributed by atoms with Crippen LogP contribution >= 0.6 is 0 Å². The molecular formula is C19H22N4O2. The Labute approximate surface area is 147 Å². The van der Waals surface area contributed by atoms with Crippen molar-refractivity contribution in [2.24, 2.45) is 0 Å². The summed E-state index contributed by atoms with van der Waals surface area (Å²) in [5.41, 5.74) is 4.44. The minimum atomic E-state index is -0.182. The molecule has 6 heteroatoms. The lowest BCUT2D eigenvalue weighted by molar-refractivity contribution is -0.165. The second-order valence-corrected chi connectivity index (χ2v) is 6.85. The van der Waals surface area contributed by atoms with Crippen molar-refractivity contribution in [2.45, 2.75) is 25.7 Å². The van der Waals surface area contributed by atoms with Gasteiger partial charge in [-0.25, -0.2) is 10.4 Å². The molecule has 2 atom stereocenters. The van der Waals surface area contributed by atoms with Crippen molar-refractivity contribution in [1.29, 1.82) is 0 Å². The van der Waals surface area contributed by atoms with E-state index in [2.05, 4.69) is 29.7 Å². The SMILES string of the molecule is CC1C2NN(C)CC(=O)N2CC(=O)N1Cc1cccc2ccccc12. The van der Waals surface area contributed by atoms with Crippen LogP contribution in [0.1, 0.15) is 12.5 Å². The summed E-state index contributed by atoms with van der Waals surface area (Å²) in [6.45, 7) is 2.98. The molecule has 2 amide bonds. The number of fused-ring (bicyclic) bond motifs is 2. The molecule has 130 valence electrons. The fraction of sp³-hybridized carbons (Fsp3) is 0.368. The molecule has 0 saturated carbocycles. The summed E-state index contributed by atoms with van der Waals surface area (Å²) >= 11 is 0. The van der Waals surface area contributed by atoms with Gasteiger partial charge in [-0.2, -0.15) is 0 Å². The molecule has 2 heterocycles. The third-order valence-electron chi connectivity index (χ3n) is 5.18. The van der Waals surface area contributed by atoms with Gasteiger partial charge < -0.3 is 9.80 Å². The largest absolute Gasteiger partial charge is 0.331 e. The average Bonchev–Trinajstić information content (AvgIpc) is 2.60. The minimum Gasteiger partial charge on any atom is -0.331 e. The third kappa shape index (κ3) is 2.77. The highest BCUT2D eigenvalue weighted by Gasteiger charge is 2.43. The molecule has 0 aromatic heterocycles. The molecule has 2 aromatic carbocycles. The third-order valence-corrected chi connectivity index (χ3v) is 5.18. The number of benzene rings is 2. The van der Waals surface area contributed by atoms with Gasteiger partial charge in [0.2, 0.25) is 11.8 Å². The Morgan fingerprint density at radius 2 is 1.80 bits per heavy atom. The molecule has 0 bridgehead atoms. The molecule has 2 saturated heterocycles. The number of nitrogens with zero attached hydrogens (tertiary/aromatic N) is 3. The number of rotatable bonds is 2. The van der Waals surface area contributed by atoms with Crippen LogP contribution in [0.2, 0.25) is 0 Å². The van der Waals surface area contributed by atoms with Crippen molar-refractivity contribution >= 4 is 22.6 Å². The summed E-state index contributed by atoms with van der Waals surface area (Å²) in [6.07, 6.45) is -0.182. The van der Waals surface area contributed by atoms with E-state index in [-0.39, 0.29) is 30.6 Å². The topological polar surface area (TPSA) is 55.9 Å². The van der Waals surface area contributed by atoms with Crippen molar-refractivity contribution in [3.05, 3.63) is 48.0 Å². The average molecular weight is 338 g/mol. The van der Waals surface area contributed by atoms with Gasteiger partial charge in [0.1, 0.15) is 12.7 Å². The van der Waals surface area contributed by atoms with Crippen LogP contribution in [0.15, 0.2) is 42.5 Å². The first-order valence-electron chi connectivity index (χ1n) is 8.57. The van der Waals surface area contributed by atoms with Gasteiger partial charge in [-0.3, -0.25) is 9.59 Å². The number of carbonyl (C=O) groups excluding carboxylic acids is 2. The molecule has 0 aliphatic carbocycles. The molecule has 0 radical (unpaired) electrons. The van der Waals surface area contributed by atoms with Gasteiger partial charge in [0, 0.05) is 13.6 Å². The quantitative estimate of drug-likeness (QED) is 0.893. The number of hydrazine groups is 1. The Kier molecular flexibility index (Phi) is 3.94. The Hall–Kier alpha value is -2.44. The molecule has 2 fully saturated rings. The molecule has 2 aromatic rings. The van der Waals surface area contributed by atoms with Crippen molar-refractivity contribution in [3.8, 4) is 0 Å². The van der Waals surface area contributed by atoms with E-state index in [1.165, 1.54) is 5.39 Å². The van der Waals surface area contributed by atoms with Gasteiger partial charge in [-0.05, 0) is 23.3 Å². The fourth-order valence-electron chi connectivity index (χ4n) is 3.82. The van der Waals surface area contributed by atoms with Crippen molar-refractivity contribution in [1.82, 2.24) is 20.2 Å². The Morgan fingerprint density at radius 1 is 1.04 bits per heavy atom. The number of likely N-dealkylation sites (N-methyl/N-ethyl adjacent to an activating group) is 1. The molecular weight excluding hydrogens is 316 g/mol. The number of carbonyl (C=O) groups is 2. The predicted molar refractivity (Wildman–Crippen MR) is 95.2 cm³/mol. The Morgan fingerprint density at radius 3 is 2.64 bits per heavy atom. The fourth-order valence-corrected chi connectivity index (χ4v) is 3.82. The van der Waals surface area contributed by atoms with Gasteiger partial charge in [-0.1, -0.05) is 42.5 Å². The zero-order chi connectivity index (χ0) is 17.6. The molecule has 2 unspecified atom stereocenters. The molecule has 2 aliphatic heterocycles. The summed E-state index contributed by atoms with van der Waals surface area (Å²) in [7, 11) is 1.85. The first-order chi connectivity index (χ1) is 12.0. The van der Waals surface area contributed by atoms with Crippen LogP contribution in [-0.2, 0) is 16.1 Å². The van der Waals surface area contributed by atoms with Gasteiger partial charge in [-0.15, -0.1) is 0 Å². The van der Waals surface area contributed by atoms with E-state index in [9.17, 15) is 9.59 Å². The second-order valence-electron chi connectivity index (χ2n) is 6.85. The summed E-state index contributed by atoms with van der Waals surface area (Å²) in [5.74, 6) is -0.00681. The highest BCUT2D eigenvalue weighted by Crippen LogP contribution is 2.25. The van der Waals surface area contributed by atoms with Crippen LogP contribution in [-0.4, -0.2) is 59.0 Å². The van der Waals surface area contributed by atoms with Crippen LogP contribution in [0.5, 0.6) is 0 Å². The lowest BCUT2D eigenvalue weighted by Gasteiger charge is -2.50. The minimum absolute atomic E-state index is 0.00335. The van der Waals surface area contributed by atoms with Crippen molar-refractivity contribution in [2.75, 3.05) is 20.1 Å². The first-order valence-corrected chi connectivity index (χ1v) is 8.57. The van der Waals surface area contributed by atoms with Crippen LogP contribution in [0.3, 0.4) is 0 Å². The number of amides is 2. The van der Waals surface area contributed by atoms with E-state index in [1.54, 1.807) is 9.91 Å². The van der Waals surface area contributed by atoms with Crippen LogP contribution in [0.4, 0.5) is 0 Å². The molecule has 0 spiro atoms. The molecule has 25 heavy (non-hydrogen) atoms. The molecule has 4 rings (SSSR count). The Bertz CT molecular complexity index is 832. The van der Waals surface area contributed by atoms with Gasteiger partial charge >= 0.3 is 0 Å². The highest BCUT2D eigenvalue weighted by molar-refractivity contribution is 5.89. The maximum Gasteiger partial charge on any atom is 0.242 e. The maximum atomic E-state index is 12.7. The van der Waals surface area contributed by atoms with Crippen molar-refractivity contribution in [3.63, 3.8) is 0 Å². The van der Waals surface area contributed by atoms with Gasteiger partial charge in [0.15, 0.2) is 0 Å². The monoisotopic (exact) mass is 338 g/mol. The normalized spacial score (nSPS) is 24.7. The summed E-state index contributed by atoms with van der Waals surface area (Å²) < 4.78 is 0. The predicted octanol–water partition coefficient (Wildman–Crippen LogP) is 1.18. The zero-order valence-electron chi connectivity index (χ0n) is 14.5. The zero-order valence-corrected chi connectivity index (χ0v) is 14.5. The Balaban J connectivity index is 1.64. The molecule has 6 nitrogen and oxygen atoms in total. The second kappa shape index (κ2) is 6.13. The smallest absolute Gasteiger partial charge is 0.242 e.